The largest absolute Gasteiger partial charge is 0.342 e. The molecule has 3 heteroatoms. The molecular weight excluding hydrogens is 224 g/mol. The Bertz CT molecular complexity index is 327. The van der Waals surface area contributed by atoms with Gasteiger partial charge in [0, 0.05) is 31.6 Å². The summed E-state index contributed by atoms with van der Waals surface area (Å²) in [5.41, 5.74) is 0.336. The van der Waals surface area contributed by atoms with Gasteiger partial charge in [0.15, 0.2) is 0 Å². The maximum atomic E-state index is 12.3. The van der Waals surface area contributed by atoms with Gasteiger partial charge in [0.05, 0.1) is 0 Å². The van der Waals surface area contributed by atoms with E-state index in [1.165, 1.54) is 25.7 Å². The van der Waals surface area contributed by atoms with E-state index in [0.717, 1.165) is 25.9 Å². The minimum Gasteiger partial charge on any atom is -0.342 e. The van der Waals surface area contributed by atoms with Gasteiger partial charge in [-0.1, -0.05) is 13.8 Å². The van der Waals surface area contributed by atoms with Gasteiger partial charge in [-0.2, -0.15) is 0 Å². The van der Waals surface area contributed by atoms with Gasteiger partial charge < -0.3 is 10.2 Å². The van der Waals surface area contributed by atoms with E-state index < -0.39 is 0 Å². The summed E-state index contributed by atoms with van der Waals surface area (Å²) in [5, 5.41) is 3.65. The smallest absolute Gasteiger partial charge is 0.222 e. The van der Waals surface area contributed by atoms with Crippen molar-refractivity contribution in [1.29, 1.82) is 0 Å². The maximum absolute atomic E-state index is 12.3. The maximum Gasteiger partial charge on any atom is 0.222 e. The van der Waals surface area contributed by atoms with Gasteiger partial charge >= 0.3 is 0 Å². The fourth-order valence-electron chi connectivity index (χ4n) is 4.04. The first-order valence-corrected chi connectivity index (χ1v) is 7.56. The molecule has 18 heavy (non-hydrogen) atoms. The lowest BCUT2D eigenvalue weighted by molar-refractivity contribution is -0.131. The lowest BCUT2D eigenvalue weighted by atomic mass is 9.89. The summed E-state index contributed by atoms with van der Waals surface area (Å²) in [6.45, 7) is 6.48. The van der Waals surface area contributed by atoms with Gasteiger partial charge in [-0.25, -0.2) is 0 Å². The van der Waals surface area contributed by atoms with E-state index in [4.69, 9.17) is 0 Å². The summed E-state index contributed by atoms with van der Waals surface area (Å²) >= 11 is 0. The highest BCUT2D eigenvalue weighted by Crippen LogP contribution is 2.34. The van der Waals surface area contributed by atoms with Crippen LogP contribution in [0.1, 0.15) is 52.4 Å². The van der Waals surface area contributed by atoms with Crippen LogP contribution in [0.3, 0.4) is 0 Å². The molecule has 3 rings (SSSR count). The lowest BCUT2D eigenvalue weighted by Gasteiger charge is -2.30. The Balaban J connectivity index is 1.52. The summed E-state index contributed by atoms with van der Waals surface area (Å²) in [4.78, 5) is 14.4. The first-order chi connectivity index (χ1) is 8.52. The molecule has 2 unspecified atom stereocenters. The van der Waals surface area contributed by atoms with Crippen molar-refractivity contribution in [2.75, 3.05) is 13.1 Å². The van der Waals surface area contributed by atoms with Gasteiger partial charge in [-0.3, -0.25) is 4.79 Å². The highest BCUT2D eigenvalue weighted by molar-refractivity contribution is 5.76. The normalized spacial score (nSPS) is 38.1. The number of amides is 1. The van der Waals surface area contributed by atoms with E-state index in [0.29, 0.717) is 29.3 Å². The molecule has 3 nitrogen and oxygen atoms in total. The zero-order valence-corrected chi connectivity index (χ0v) is 11.7. The number of hydrogen-bond donors (Lipinski definition) is 1. The van der Waals surface area contributed by atoms with Crippen molar-refractivity contribution >= 4 is 5.91 Å². The Hall–Kier alpha value is -0.570. The van der Waals surface area contributed by atoms with Crippen molar-refractivity contribution in [3.05, 3.63) is 0 Å². The van der Waals surface area contributed by atoms with Crippen LogP contribution in [0.2, 0.25) is 0 Å². The van der Waals surface area contributed by atoms with Crippen molar-refractivity contribution in [3.63, 3.8) is 0 Å². The first kappa shape index (κ1) is 12.5. The number of nitrogens with zero attached hydrogens (tertiary/aromatic N) is 1. The Kier molecular flexibility index (Phi) is 3.13. The van der Waals surface area contributed by atoms with Crippen LogP contribution < -0.4 is 5.32 Å². The molecule has 3 fully saturated rings. The van der Waals surface area contributed by atoms with Gasteiger partial charge in [0.2, 0.25) is 5.91 Å². The third kappa shape index (κ3) is 2.56. The van der Waals surface area contributed by atoms with Crippen molar-refractivity contribution in [3.8, 4) is 0 Å². The summed E-state index contributed by atoms with van der Waals surface area (Å²) in [6.07, 6.45) is 7.05. The second-order valence-electron chi connectivity index (χ2n) is 7.41. The Morgan fingerprint density at radius 2 is 1.94 bits per heavy atom. The summed E-state index contributed by atoms with van der Waals surface area (Å²) in [6, 6.07) is 1.41. The highest BCUT2D eigenvalue weighted by atomic mass is 16.2. The van der Waals surface area contributed by atoms with E-state index >= 15 is 0 Å². The van der Waals surface area contributed by atoms with Crippen LogP contribution in [-0.2, 0) is 4.79 Å². The number of fused-ring (bicyclic) bond motifs is 2. The quantitative estimate of drug-likeness (QED) is 0.814. The van der Waals surface area contributed by atoms with Crippen molar-refractivity contribution in [2.24, 2.45) is 11.3 Å². The lowest BCUT2D eigenvalue weighted by Crippen LogP contribution is -2.40. The number of likely N-dealkylation sites (tertiary alicyclic amines) is 1. The monoisotopic (exact) mass is 250 g/mol. The second kappa shape index (κ2) is 4.52. The SMILES string of the molecule is CC1(C)CCN(C(=O)CC2CC3CCC(C2)N3)C1. The third-order valence-corrected chi connectivity index (χ3v) is 5.06. The standard InChI is InChI=1S/C15H26N2O/c1-15(2)5-6-17(10-15)14(18)9-11-7-12-3-4-13(8-11)16-12/h11-13,16H,3-10H2,1-2H3. The van der Waals surface area contributed by atoms with E-state index in [-0.39, 0.29) is 0 Å². The van der Waals surface area contributed by atoms with Crippen molar-refractivity contribution in [2.45, 2.75) is 64.5 Å². The molecule has 1 amide bonds. The van der Waals surface area contributed by atoms with Gasteiger partial charge in [-0.15, -0.1) is 0 Å². The molecule has 1 N–H and O–H groups in total. The summed E-state index contributed by atoms with van der Waals surface area (Å²) in [7, 11) is 0. The molecule has 0 aromatic heterocycles. The van der Waals surface area contributed by atoms with Gasteiger partial charge in [0.1, 0.15) is 0 Å². The molecule has 0 radical (unpaired) electrons. The third-order valence-electron chi connectivity index (χ3n) is 5.06. The molecule has 0 spiro atoms. The van der Waals surface area contributed by atoms with Crippen LogP contribution in [-0.4, -0.2) is 36.0 Å². The molecule has 0 aromatic carbocycles. The Labute approximate surface area is 110 Å². The minimum atomic E-state index is 0.336. The van der Waals surface area contributed by atoms with Crippen molar-refractivity contribution < 1.29 is 4.79 Å². The zero-order chi connectivity index (χ0) is 12.8. The average molecular weight is 250 g/mol. The van der Waals surface area contributed by atoms with E-state index in [1.807, 2.05) is 0 Å². The number of carbonyl (C=O) groups is 1. The average Bonchev–Trinajstić information content (AvgIpc) is 2.82. The Morgan fingerprint density at radius 3 is 2.50 bits per heavy atom. The van der Waals surface area contributed by atoms with Crippen LogP contribution >= 0.6 is 0 Å². The molecule has 3 heterocycles. The van der Waals surface area contributed by atoms with Crippen molar-refractivity contribution in [1.82, 2.24) is 10.2 Å². The molecule has 102 valence electrons. The van der Waals surface area contributed by atoms with Crippen LogP contribution in [0.4, 0.5) is 0 Å². The van der Waals surface area contributed by atoms with E-state index in [9.17, 15) is 4.79 Å². The number of hydrogen-bond acceptors (Lipinski definition) is 2. The number of carbonyl (C=O) groups excluding carboxylic acids is 1. The topological polar surface area (TPSA) is 32.3 Å². The molecule has 3 saturated heterocycles. The molecule has 3 aliphatic heterocycles. The van der Waals surface area contributed by atoms with Crippen LogP contribution in [0.15, 0.2) is 0 Å². The minimum absolute atomic E-state index is 0.336. The highest BCUT2D eigenvalue weighted by Gasteiger charge is 2.37. The predicted molar refractivity (Wildman–Crippen MR) is 72.3 cm³/mol. The molecule has 2 bridgehead atoms. The number of piperidine rings is 1. The predicted octanol–water partition coefficient (Wildman–Crippen LogP) is 2.17. The summed E-state index contributed by atoms with van der Waals surface area (Å²) in [5.74, 6) is 1.05. The fourth-order valence-corrected chi connectivity index (χ4v) is 4.04. The zero-order valence-electron chi connectivity index (χ0n) is 11.7. The fraction of sp³-hybridized carbons (Fsp3) is 0.933. The van der Waals surface area contributed by atoms with Gasteiger partial charge in [0.25, 0.3) is 0 Å². The number of nitrogens with one attached hydrogen (secondary N) is 1. The van der Waals surface area contributed by atoms with Crippen LogP contribution in [0, 0.1) is 11.3 Å². The number of rotatable bonds is 2. The van der Waals surface area contributed by atoms with Crippen LogP contribution in [0.25, 0.3) is 0 Å². The second-order valence-corrected chi connectivity index (χ2v) is 7.41. The van der Waals surface area contributed by atoms with Gasteiger partial charge in [-0.05, 0) is 43.4 Å². The molecule has 0 saturated carbocycles. The molecule has 0 aromatic rings. The van der Waals surface area contributed by atoms with E-state index in [2.05, 4.69) is 24.1 Å². The summed E-state index contributed by atoms with van der Waals surface area (Å²) < 4.78 is 0. The molecular formula is C15H26N2O. The molecule has 0 aliphatic carbocycles. The van der Waals surface area contributed by atoms with E-state index in [1.54, 1.807) is 0 Å². The molecule has 2 atom stereocenters. The van der Waals surface area contributed by atoms with Crippen LogP contribution in [0.5, 0.6) is 0 Å². The molecule has 3 aliphatic rings. The first-order valence-electron chi connectivity index (χ1n) is 7.56. The Morgan fingerprint density at radius 1 is 1.28 bits per heavy atom.